The Hall–Kier alpha value is -0.0800. The minimum Gasteiger partial charge on any atom is -0.379 e. The van der Waals surface area contributed by atoms with Gasteiger partial charge in [-0.1, -0.05) is 48.0 Å². The summed E-state index contributed by atoms with van der Waals surface area (Å²) in [6.45, 7) is 14.6. The van der Waals surface area contributed by atoms with Gasteiger partial charge in [-0.05, 0) is 24.3 Å². The van der Waals surface area contributed by atoms with Crippen LogP contribution in [0.15, 0.2) is 0 Å². The number of hydrogen-bond donors (Lipinski definition) is 1. The van der Waals surface area contributed by atoms with Crippen molar-refractivity contribution in [2.24, 2.45) is 11.3 Å². The van der Waals surface area contributed by atoms with Crippen molar-refractivity contribution in [2.45, 2.75) is 66.5 Å². The van der Waals surface area contributed by atoms with Crippen LogP contribution in [0.3, 0.4) is 0 Å². The van der Waals surface area contributed by atoms with Gasteiger partial charge in [-0.2, -0.15) is 0 Å². The van der Waals surface area contributed by atoms with E-state index in [-0.39, 0.29) is 11.5 Å². The Balaban J connectivity index is 4.69. The van der Waals surface area contributed by atoms with Crippen molar-refractivity contribution < 1.29 is 4.74 Å². The van der Waals surface area contributed by atoms with Crippen LogP contribution in [-0.2, 0) is 4.74 Å². The van der Waals surface area contributed by atoms with Crippen molar-refractivity contribution in [3.8, 4) is 0 Å². The zero-order valence-corrected chi connectivity index (χ0v) is 12.3. The largest absolute Gasteiger partial charge is 0.379 e. The second-order valence-corrected chi connectivity index (χ2v) is 5.89. The normalized spacial score (nSPS) is 18.2. The molecule has 0 fully saturated rings. The van der Waals surface area contributed by atoms with E-state index in [0.717, 1.165) is 6.54 Å². The van der Waals surface area contributed by atoms with Gasteiger partial charge in [-0.25, -0.2) is 0 Å². The van der Waals surface area contributed by atoms with Crippen molar-refractivity contribution in [1.82, 2.24) is 5.32 Å². The summed E-state index contributed by atoms with van der Waals surface area (Å²) in [6.07, 6.45) is 2.64. The summed E-state index contributed by atoms with van der Waals surface area (Å²) in [5.41, 5.74) is 0.184. The molecule has 0 saturated carbocycles. The van der Waals surface area contributed by atoms with Crippen LogP contribution in [0.25, 0.3) is 0 Å². The van der Waals surface area contributed by atoms with Gasteiger partial charge in [-0.15, -0.1) is 0 Å². The second kappa shape index (κ2) is 7.29. The van der Waals surface area contributed by atoms with Gasteiger partial charge >= 0.3 is 0 Å². The van der Waals surface area contributed by atoms with Gasteiger partial charge in [0.1, 0.15) is 0 Å². The number of methoxy groups -OCH3 is 1. The topological polar surface area (TPSA) is 21.3 Å². The molecule has 0 aliphatic heterocycles. The van der Waals surface area contributed by atoms with Gasteiger partial charge in [0.2, 0.25) is 0 Å². The van der Waals surface area contributed by atoms with Crippen LogP contribution in [0.1, 0.15) is 54.4 Å². The first-order valence-electron chi connectivity index (χ1n) is 6.64. The molecule has 2 nitrogen and oxygen atoms in total. The molecule has 2 heteroatoms. The van der Waals surface area contributed by atoms with Crippen LogP contribution in [0.4, 0.5) is 0 Å². The van der Waals surface area contributed by atoms with E-state index in [4.69, 9.17) is 4.74 Å². The van der Waals surface area contributed by atoms with Crippen LogP contribution in [-0.4, -0.2) is 25.8 Å². The molecule has 0 aliphatic carbocycles. The lowest BCUT2D eigenvalue weighted by atomic mass is 9.79. The Morgan fingerprint density at radius 3 is 2.06 bits per heavy atom. The zero-order valence-electron chi connectivity index (χ0n) is 12.3. The van der Waals surface area contributed by atoms with Gasteiger partial charge in [0.15, 0.2) is 0 Å². The Morgan fingerprint density at radius 1 is 1.19 bits per heavy atom. The SMILES string of the molecule is CCCNC(C(C)CC)C(OC)C(C)(C)C. The zero-order chi connectivity index (χ0) is 12.8. The minimum atomic E-state index is 0.184. The lowest BCUT2D eigenvalue weighted by molar-refractivity contribution is -0.0248. The predicted octanol–water partition coefficient (Wildman–Crippen LogP) is 3.46. The van der Waals surface area contributed by atoms with Gasteiger partial charge in [0.25, 0.3) is 0 Å². The van der Waals surface area contributed by atoms with E-state index < -0.39 is 0 Å². The Morgan fingerprint density at radius 2 is 1.75 bits per heavy atom. The first-order chi connectivity index (χ1) is 7.38. The van der Waals surface area contributed by atoms with Crippen molar-refractivity contribution in [3.05, 3.63) is 0 Å². The number of nitrogens with one attached hydrogen (secondary N) is 1. The molecule has 0 aliphatic rings. The first-order valence-corrected chi connectivity index (χ1v) is 6.64. The van der Waals surface area contributed by atoms with Crippen molar-refractivity contribution in [1.29, 1.82) is 0 Å². The second-order valence-electron chi connectivity index (χ2n) is 5.89. The number of ether oxygens (including phenoxy) is 1. The lowest BCUT2D eigenvalue weighted by Gasteiger charge is -2.39. The standard InChI is InChI=1S/C14H31NO/c1-8-10-15-12(11(3)9-2)13(16-7)14(4,5)6/h11-13,15H,8-10H2,1-7H3. The average molecular weight is 229 g/mol. The molecule has 0 heterocycles. The Bertz CT molecular complexity index is 174. The molecule has 0 saturated heterocycles. The maximum Gasteiger partial charge on any atom is 0.0774 e. The fraction of sp³-hybridized carbons (Fsp3) is 1.00. The van der Waals surface area contributed by atoms with E-state index in [0.29, 0.717) is 12.0 Å². The summed E-state index contributed by atoms with van der Waals surface area (Å²) >= 11 is 0. The molecular formula is C14H31NO. The van der Waals surface area contributed by atoms with Crippen molar-refractivity contribution in [3.63, 3.8) is 0 Å². The van der Waals surface area contributed by atoms with Crippen molar-refractivity contribution >= 4 is 0 Å². The highest BCUT2D eigenvalue weighted by atomic mass is 16.5. The third kappa shape index (κ3) is 4.84. The summed E-state index contributed by atoms with van der Waals surface area (Å²) < 4.78 is 5.73. The predicted molar refractivity (Wildman–Crippen MR) is 71.8 cm³/mol. The maximum absolute atomic E-state index is 5.73. The van der Waals surface area contributed by atoms with E-state index in [9.17, 15) is 0 Å². The summed E-state index contributed by atoms with van der Waals surface area (Å²) in [7, 11) is 1.83. The quantitative estimate of drug-likeness (QED) is 0.722. The van der Waals surface area contributed by atoms with Gasteiger partial charge in [0.05, 0.1) is 6.10 Å². The van der Waals surface area contributed by atoms with Gasteiger partial charge in [-0.3, -0.25) is 0 Å². The average Bonchev–Trinajstić information content (AvgIpc) is 2.21. The van der Waals surface area contributed by atoms with E-state index in [1.165, 1.54) is 12.8 Å². The monoisotopic (exact) mass is 229 g/mol. The molecule has 3 atom stereocenters. The molecular weight excluding hydrogens is 198 g/mol. The summed E-state index contributed by atoms with van der Waals surface area (Å²) in [5.74, 6) is 0.649. The first kappa shape index (κ1) is 15.9. The summed E-state index contributed by atoms with van der Waals surface area (Å²) in [6, 6.07) is 0.454. The molecule has 3 unspecified atom stereocenters. The van der Waals surface area contributed by atoms with Gasteiger partial charge in [0, 0.05) is 13.2 Å². The maximum atomic E-state index is 5.73. The molecule has 0 aromatic rings. The Kier molecular flexibility index (Phi) is 7.25. The third-order valence-electron chi connectivity index (χ3n) is 3.32. The molecule has 0 amide bonds. The molecule has 0 spiro atoms. The van der Waals surface area contributed by atoms with E-state index in [1.54, 1.807) is 0 Å². The molecule has 0 bridgehead atoms. The van der Waals surface area contributed by atoms with E-state index in [1.807, 2.05) is 7.11 Å². The van der Waals surface area contributed by atoms with Crippen LogP contribution in [0, 0.1) is 11.3 Å². The Labute approximate surface area is 102 Å². The third-order valence-corrected chi connectivity index (χ3v) is 3.32. The number of hydrogen-bond acceptors (Lipinski definition) is 2. The van der Waals surface area contributed by atoms with Crippen LogP contribution >= 0.6 is 0 Å². The molecule has 0 aromatic heterocycles. The highest BCUT2D eigenvalue weighted by Gasteiger charge is 2.34. The smallest absolute Gasteiger partial charge is 0.0774 e. The molecule has 0 aromatic carbocycles. The van der Waals surface area contributed by atoms with Gasteiger partial charge < -0.3 is 10.1 Å². The molecule has 98 valence electrons. The molecule has 1 N–H and O–H groups in total. The van der Waals surface area contributed by atoms with Crippen LogP contribution in [0.5, 0.6) is 0 Å². The molecule has 16 heavy (non-hydrogen) atoms. The summed E-state index contributed by atoms with van der Waals surface area (Å²) in [4.78, 5) is 0. The highest BCUT2D eigenvalue weighted by Crippen LogP contribution is 2.28. The molecule has 0 rings (SSSR count). The van der Waals surface area contributed by atoms with Crippen LogP contribution < -0.4 is 5.32 Å². The van der Waals surface area contributed by atoms with E-state index >= 15 is 0 Å². The summed E-state index contributed by atoms with van der Waals surface area (Å²) in [5, 5.41) is 3.65. The fourth-order valence-corrected chi connectivity index (χ4v) is 2.21. The minimum absolute atomic E-state index is 0.184. The molecule has 0 radical (unpaired) electrons. The highest BCUT2D eigenvalue weighted by molar-refractivity contribution is 4.88. The van der Waals surface area contributed by atoms with Crippen molar-refractivity contribution in [2.75, 3.05) is 13.7 Å². The van der Waals surface area contributed by atoms with E-state index in [2.05, 4.69) is 46.9 Å². The lowest BCUT2D eigenvalue weighted by Crippen LogP contribution is -2.51. The number of rotatable bonds is 7. The fourth-order valence-electron chi connectivity index (χ4n) is 2.21. The van der Waals surface area contributed by atoms with Crippen LogP contribution in [0.2, 0.25) is 0 Å².